The Morgan fingerprint density at radius 2 is 1.89 bits per heavy atom. The van der Waals surface area contributed by atoms with Crippen molar-refractivity contribution in [1.29, 1.82) is 0 Å². The van der Waals surface area contributed by atoms with Gasteiger partial charge in [0, 0.05) is 18.1 Å². The molecule has 0 spiro atoms. The summed E-state index contributed by atoms with van der Waals surface area (Å²) in [5, 5.41) is 5.27. The molecular weight excluding hydrogens is 362 g/mol. The van der Waals surface area contributed by atoms with Crippen LogP contribution in [0, 0.1) is 0 Å². The van der Waals surface area contributed by atoms with E-state index in [-0.39, 0.29) is 0 Å². The number of fused-ring (bicyclic) bond motifs is 2. The number of hydrogen-bond acceptors (Lipinski definition) is 7. The van der Waals surface area contributed by atoms with Crippen LogP contribution in [-0.2, 0) is 5.75 Å². The normalized spacial score (nSPS) is 13.0. The second-order valence-corrected chi connectivity index (χ2v) is 6.86. The Morgan fingerprint density at radius 1 is 0.963 bits per heavy atom. The predicted octanol–water partition coefficient (Wildman–Crippen LogP) is 3.25. The first-order valence-corrected chi connectivity index (χ1v) is 9.50. The summed E-state index contributed by atoms with van der Waals surface area (Å²) in [5.41, 5.74) is 2.82. The lowest BCUT2D eigenvalue weighted by molar-refractivity contribution is 0.171. The number of pyridine rings is 1. The molecular formula is C19H15N5O2S. The second kappa shape index (κ2) is 6.88. The molecule has 0 amide bonds. The molecule has 4 aromatic rings. The third-order valence-corrected chi connectivity index (χ3v) is 5.03. The van der Waals surface area contributed by atoms with Crippen molar-refractivity contribution in [3.8, 4) is 22.9 Å². The summed E-state index contributed by atoms with van der Waals surface area (Å²) in [6, 6.07) is 13.7. The van der Waals surface area contributed by atoms with Gasteiger partial charge in [-0.2, -0.15) is 9.50 Å². The van der Waals surface area contributed by atoms with Crippen LogP contribution in [0.1, 0.15) is 5.56 Å². The Labute approximate surface area is 159 Å². The molecule has 5 rings (SSSR count). The Morgan fingerprint density at radius 3 is 2.78 bits per heavy atom. The molecule has 7 nitrogen and oxygen atoms in total. The zero-order chi connectivity index (χ0) is 18.1. The highest BCUT2D eigenvalue weighted by Crippen LogP contribution is 2.32. The van der Waals surface area contributed by atoms with Gasteiger partial charge in [-0.1, -0.05) is 23.9 Å². The number of thioether (sulfide) groups is 1. The Balaban J connectivity index is 1.40. The van der Waals surface area contributed by atoms with Crippen molar-refractivity contribution in [1.82, 2.24) is 24.6 Å². The number of rotatable bonds is 4. The van der Waals surface area contributed by atoms with E-state index in [1.807, 2.05) is 42.5 Å². The van der Waals surface area contributed by atoms with Crippen molar-refractivity contribution in [2.24, 2.45) is 0 Å². The molecule has 0 fully saturated rings. The van der Waals surface area contributed by atoms with Crippen molar-refractivity contribution in [2.45, 2.75) is 10.9 Å². The molecule has 8 heteroatoms. The number of nitrogens with zero attached hydrogens (tertiary/aromatic N) is 5. The minimum Gasteiger partial charge on any atom is -0.486 e. The molecule has 1 aliphatic heterocycles. The van der Waals surface area contributed by atoms with Crippen molar-refractivity contribution in [3.05, 3.63) is 60.4 Å². The monoisotopic (exact) mass is 377 g/mol. The fraction of sp³-hybridized carbons (Fsp3) is 0.158. The second-order valence-electron chi connectivity index (χ2n) is 5.92. The molecule has 1 aromatic carbocycles. The van der Waals surface area contributed by atoms with Crippen LogP contribution in [0.4, 0.5) is 0 Å². The first-order chi connectivity index (χ1) is 13.4. The summed E-state index contributed by atoms with van der Waals surface area (Å²) in [6.45, 7) is 1.18. The number of aromatic nitrogens is 5. The zero-order valence-corrected chi connectivity index (χ0v) is 15.1. The van der Waals surface area contributed by atoms with Gasteiger partial charge in [-0.15, -0.1) is 5.10 Å². The smallest absolute Gasteiger partial charge is 0.253 e. The standard InChI is InChI=1S/C19H15N5O2S/c1-2-7-20-14(3-1)15-6-8-21-18-22-19(23-24(15)18)27-12-13-4-5-16-17(11-13)26-10-9-25-16/h1-8,11H,9-10,12H2. The van der Waals surface area contributed by atoms with Gasteiger partial charge in [-0.3, -0.25) is 4.98 Å². The van der Waals surface area contributed by atoms with Gasteiger partial charge in [0.25, 0.3) is 5.78 Å². The van der Waals surface area contributed by atoms with E-state index in [1.54, 1.807) is 28.7 Å². The molecule has 3 aromatic heterocycles. The maximum Gasteiger partial charge on any atom is 0.253 e. The van der Waals surface area contributed by atoms with E-state index >= 15 is 0 Å². The summed E-state index contributed by atoms with van der Waals surface area (Å²) >= 11 is 1.55. The van der Waals surface area contributed by atoms with E-state index in [0.29, 0.717) is 24.1 Å². The van der Waals surface area contributed by atoms with Crippen molar-refractivity contribution < 1.29 is 9.47 Å². The Hall–Kier alpha value is -3.13. The third-order valence-electron chi connectivity index (χ3n) is 4.12. The summed E-state index contributed by atoms with van der Waals surface area (Å²) in [5.74, 6) is 2.88. The minimum absolute atomic E-state index is 0.558. The molecule has 27 heavy (non-hydrogen) atoms. The van der Waals surface area contributed by atoms with Crippen LogP contribution in [0.2, 0.25) is 0 Å². The largest absolute Gasteiger partial charge is 0.486 e. The van der Waals surface area contributed by atoms with E-state index in [1.165, 1.54) is 0 Å². The molecule has 4 heterocycles. The molecule has 0 N–H and O–H groups in total. The van der Waals surface area contributed by atoms with E-state index < -0.39 is 0 Å². The highest BCUT2D eigenvalue weighted by Gasteiger charge is 2.14. The van der Waals surface area contributed by atoms with Crippen LogP contribution in [0.5, 0.6) is 11.5 Å². The number of hydrogen-bond donors (Lipinski definition) is 0. The maximum absolute atomic E-state index is 5.64. The summed E-state index contributed by atoms with van der Waals surface area (Å²) in [6.07, 6.45) is 3.49. The molecule has 1 aliphatic rings. The van der Waals surface area contributed by atoms with Crippen molar-refractivity contribution >= 4 is 17.5 Å². The third kappa shape index (κ3) is 3.19. The number of benzene rings is 1. The predicted molar refractivity (Wildman–Crippen MR) is 101 cm³/mol. The van der Waals surface area contributed by atoms with Gasteiger partial charge in [-0.05, 0) is 35.9 Å². The van der Waals surface area contributed by atoms with Crippen LogP contribution in [0.3, 0.4) is 0 Å². The van der Waals surface area contributed by atoms with E-state index in [4.69, 9.17) is 9.47 Å². The fourth-order valence-electron chi connectivity index (χ4n) is 2.87. The van der Waals surface area contributed by atoms with Gasteiger partial charge in [0.15, 0.2) is 11.5 Å². The maximum atomic E-state index is 5.64. The molecule has 0 unspecified atom stereocenters. The van der Waals surface area contributed by atoms with Gasteiger partial charge >= 0.3 is 0 Å². The molecule has 134 valence electrons. The zero-order valence-electron chi connectivity index (χ0n) is 14.3. The fourth-order valence-corrected chi connectivity index (χ4v) is 3.63. The van der Waals surface area contributed by atoms with Gasteiger partial charge in [0.05, 0.1) is 11.4 Å². The van der Waals surface area contributed by atoms with E-state index in [0.717, 1.165) is 34.2 Å². The minimum atomic E-state index is 0.558. The van der Waals surface area contributed by atoms with Crippen molar-refractivity contribution in [3.63, 3.8) is 0 Å². The Bertz CT molecular complexity index is 1100. The molecule has 0 aliphatic carbocycles. The van der Waals surface area contributed by atoms with Crippen LogP contribution in [-0.4, -0.2) is 37.8 Å². The first-order valence-electron chi connectivity index (χ1n) is 8.51. The topological polar surface area (TPSA) is 74.4 Å². The van der Waals surface area contributed by atoms with Crippen LogP contribution < -0.4 is 9.47 Å². The van der Waals surface area contributed by atoms with E-state index in [2.05, 4.69) is 20.1 Å². The molecule has 0 atom stereocenters. The highest BCUT2D eigenvalue weighted by molar-refractivity contribution is 7.98. The summed E-state index contributed by atoms with van der Waals surface area (Å²) in [4.78, 5) is 13.2. The highest BCUT2D eigenvalue weighted by atomic mass is 32.2. The van der Waals surface area contributed by atoms with Crippen LogP contribution in [0.25, 0.3) is 17.2 Å². The van der Waals surface area contributed by atoms with Gasteiger partial charge in [0.1, 0.15) is 13.2 Å². The Kier molecular flexibility index (Phi) is 4.10. The first kappa shape index (κ1) is 16.1. The molecule has 0 bridgehead atoms. The lowest BCUT2D eigenvalue weighted by Gasteiger charge is -2.18. The lowest BCUT2D eigenvalue weighted by Crippen LogP contribution is -2.15. The summed E-state index contributed by atoms with van der Waals surface area (Å²) in [7, 11) is 0. The van der Waals surface area contributed by atoms with Crippen LogP contribution >= 0.6 is 11.8 Å². The van der Waals surface area contributed by atoms with Gasteiger partial charge in [0.2, 0.25) is 5.16 Å². The van der Waals surface area contributed by atoms with Gasteiger partial charge in [-0.25, -0.2) is 4.98 Å². The van der Waals surface area contributed by atoms with Crippen molar-refractivity contribution in [2.75, 3.05) is 13.2 Å². The number of ether oxygens (including phenoxy) is 2. The van der Waals surface area contributed by atoms with Crippen LogP contribution in [0.15, 0.2) is 60.0 Å². The average molecular weight is 377 g/mol. The molecule has 0 radical (unpaired) electrons. The molecule has 0 saturated heterocycles. The van der Waals surface area contributed by atoms with Gasteiger partial charge < -0.3 is 9.47 Å². The van der Waals surface area contributed by atoms with E-state index in [9.17, 15) is 0 Å². The summed E-state index contributed by atoms with van der Waals surface area (Å²) < 4.78 is 12.9. The average Bonchev–Trinajstić information content (AvgIpc) is 3.16. The molecule has 0 saturated carbocycles. The quantitative estimate of drug-likeness (QED) is 0.505. The SMILES string of the molecule is c1ccc(-c2ccnc3nc(SCc4ccc5c(c4)OCCO5)nn23)nc1. The lowest BCUT2D eigenvalue weighted by atomic mass is 10.2.